The van der Waals surface area contributed by atoms with Crippen LogP contribution in [-0.4, -0.2) is 41.3 Å². The smallest absolute Gasteiger partial charge is 0.122 e. The van der Waals surface area contributed by atoms with Crippen molar-refractivity contribution in [3.05, 3.63) is 59.9 Å². The van der Waals surface area contributed by atoms with Gasteiger partial charge in [-0.25, -0.2) is 0 Å². The first kappa shape index (κ1) is 16.5. The minimum atomic E-state index is -0.538. The van der Waals surface area contributed by atoms with Gasteiger partial charge in [-0.1, -0.05) is 24.3 Å². The van der Waals surface area contributed by atoms with Crippen LogP contribution in [-0.2, 0) is 0 Å². The molecular weight excluding hydrogens is 276 g/mol. The van der Waals surface area contributed by atoms with Gasteiger partial charge in [-0.05, 0) is 44.2 Å². The van der Waals surface area contributed by atoms with Crippen molar-refractivity contribution >= 4 is 0 Å². The van der Waals surface area contributed by atoms with E-state index in [0.717, 1.165) is 16.9 Å². The summed E-state index contributed by atoms with van der Waals surface area (Å²) in [5, 5.41) is 10.2. The number of rotatable bonds is 7. The Hall–Kier alpha value is -1.91. The van der Waals surface area contributed by atoms with Crippen molar-refractivity contribution < 1.29 is 9.84 Å². The summed E-state index contributed by atoms with van der Waals surface area (Å²) in [6, 6.07) is 12.0. The average molecular weight is 300 g/mol. The summed E-state index contributed by atoms with van der Waals surface area (Å²) in [4.78, 5) is 6.24. The highest BCUT2D eigenvalue weighted by molar-refractivity contribution is 5.31. The fraction of sp³-hybridized carbons (Fsp3) is 0.389. The van der Waals surface area contributed by atoms with Gasteiger partial charge in [-0.3, -0.25) is 9.88 Å². The molecule has 1 heterocycles. The van der Waals surface area contributed by atoms with Crippen molar-refractivity contribution in [2.45, 2.75) is 26.0 Å². The van der Waals surface area contributed by atoms with Gasteiger partial charge in [0.25, 0.3) is 0 Å². The van der Waals surface area contributed by atoms with E-state index in [9.17, 15) is 5.11 Å². The van der Waals surface area contributed by atoms with E-state index in [0.29, 0.717) is 6.54 Å². The summed E-state index contributed by atoms with van der Waals surface area (Å²) in [5.74, 6) is 0.824. The van der Waals surface area contributed by atoms with Crippen LogP contribution in [0.2, 0.25) is 0 Å². The SMILES string of the molecule is Cc1ccccc1OCC(O)CN(C)C(C)c1cccnc1. The molecule has 22 heavy (non-hydrogen) atoms. The Kier molecular flexibility index (Phi) is 5.92. The summed E-state index contributed by atoms with van der Waals surface area (Å²) in [6.45, 7) is 4.93. The van der Waals surface area contributed by atoms with Gasteiger partial charge >= 0.3 is 0 Å². The molecule has 0 bridgehead atoms. The van der Waals surface area contributed by atoms with Gasteiger partial charge in [-0.15, -0.1) is 0 Å². The Morgan fingerprint density at radius 3 is 2.68 bits per heavy atom. The molecule has 0 amide bonds. The van der Waals surface area contributed by atoms with E-state index < -0.39 is 6.10 Å². The second kappa shape index (κ2) is 7.92. The fourth-order valence-corrected chi connectivity index (χ4v) is 2.33. The molecule has 0 aliphatic rings. The number of pyridine rings is 1. The summed E-state index contributed by atoms with van der Waals surface area (Å²) in [7, 11) is 1.99. The number of para-hydroxylation sites is 1. The maximum Gasteiger partial charge on any atom is 0.122 e. The van der Waals surface area contributed by atoms with Crippen molar-refractivity contribution in [1.82, 2.24) is 9.88 Å². The number of aromatic nitrogens is 1. The maximum atomic E-state index is 10.2. The number of hydrogen-bond acceptors (Lipinski definition) is 4. The molecule has 1 aromatic heterocycles. The van der Waals surface area contributed by atoms with E-state index in [2.05, 4.69) is 16.8 Å². The molecule has 0 saturated carbocycles. The van der Waals surface area contributed by atoms with Crippen molar-refractivity contribution in [2.24, 2.45) is 0 Å². The molecule has 0 aliphatic heterocycles. The molecule has 2 rings (SSSR count). The second-order valence-corrected chi connectivity index (χ2v) is 5.63. The van der Waals surface area contributed by atoms with Crippen molar-refractivity contribution in [2.75, 3.05) is 20.2 Å². The topological polar surface area (TPSA) is 45.6 Å². The van der Waals surface area contributed by atoms with Gasteiger partial charge in [0.15, 0.2) is 0 Å². The molecule has 4 nitrogen and oxygen atoms in total. The Morgan fingerprint density at radius 2 is 2.00 bits per heavy atom. The fourth-order valence-electron chi connectivity index (χ4n) is 2.33. The molecule has 4 heteroatoms. The summed E-state index contributed by atoms with van der Waals surface area (Å²) < 4.78 is 5.70. The Morgan fingerprint density at radius 1 is 1.23 bits per heavy atom. The molecule has 2 atom stereocenters. The van der Waals surface area contributed by atoms with Crippen LogP contribution in [0.5, 0.6) is 5.75 Å². The van der Waals surface area contributed by atoms with Gasteiger partial charge in [0.1, 0.15) is 18.5 Å². The normalized spacial score (nSPS) is 13.9. The molecule has 0 saturated heterocycles. The van der Waals surface area contributed by atoms with Gasteiger partial charge in [-0.2, -0.15) is 0 Å². The van der Waals surface area contributed by atoms with Crippen LogP contribution < -0.4 is 4.74 Å². The molecule has 2 unspecified atom stereocenters. The van der Waals surface area contributed by atoms with E-state index >= 15 is 0 Å². The van der Waals surface area contributed by atoms with Crippen LogP contribution in [0.3, 0.4) is 0 Å². The van der Waals surface area contributed by atoms with Crippen molar-refractivity contribution in [1.29, 1.82) is 0 Å². The maximum absolute atomic E-state index is 10.2. The highest BCUT2D eigenvalue weighted by Crippen LogP contribution is 2.19. The molecule has 118 valence electrons. The van der Waals surface area contributed by atoms with Gasteiger partial charge in [0.05, 0.1) is 0 Å². The zero-order valence-corrected chi connectivity index (χ0v) is 13.4. The largest absolute Gasteiger partial charge is 0.491 e. The number of aliphatic hydroxyl groups excluding tert-OH is 1. The second-order valence-electron chi connectivity index (χ2n) is 5.63. The number of ether oxygens (including phenoxy) is 1. The quantitative estimate of drug-likeness (QED) is 0.854. The summed E-state index contributed by atoms with van der Waals surface area (Å²) in [5.41, 5.74) is 2.21. The highest BCUT2D eigenvalue weighted by Gasteiger charge is 2.16. The molecule has 0 aliphatic carbocycles. The Bertz CT molecular complexity index is 574. The molecule has 0 spiro atoms. The number of likely N-dealkylation sites (N-methyl/N-ethyl adjacent to an activating group) is 1. The molecule has 1 aromatic carbocycles. The lowest BCUT2D eigenvalue weighted by Gasteiger charge is -2.27. The van der Waals surface area contributed by atoms with Crippen LogP contribution in [0, 0.1) is 6.92 Å². The highest BCUT2D eigenvalue weighted by atomic mass is 16.5. The third kappa shape index (κ3) is 4.55. The first-order valence-corrected chi connectivity index (χ1v) is 7.54. The van der Waals surface area contributed by atoms with Gasteiger partial charge in [0.2, 0.25) is 0 Å². The van der Waals surface area contributed by atoms with Crippen LogP contribution >= 0.6 is 0 Å². The van der Waals surface area contributed by atoms with E-state index in [4.69, 9.17) is 4.74 Å². The lowest BCUT2D eigenvalue weighted by molar-refractivity contribution is 0.0651. The van der Waals surface area contributed by atoms with Crippen LogP contribution in [0.1, 0.15) is 24.1 Å². The Balaban J connectivity index is 1.84. The molecule has 2 aromatic rings. The molecule has 1 N–H and O–H groups in total. The van der Waals surface area contributed by atoms with Gasteiger partial charge in [0, 0.05) is 25.0 Å². The zero-order chi connectivity index (χ0) is 15.9. The molecular formula is C18H24N2O2. The summed E-state index contributed by atoms with van der Waals surface area (Å²) in [6.07, 6.45) is 3.09. The predicted molar refractivity (Wildman–Crippen MR) is 88.0 cm³/mol. The minimum Gasteiger partial charge on any atom is -0.491 e. The van der Waals surface area contributed by atoms with E-state index in [1.807, 2.05) is 56.6 Å². The number of nitrogens with zero attached hydrogens (tertiary/aromatic N) is 2. The van der Waals surface area contributed by atoms with Crippen molar-refractivity contribution in [3.8, 4) is 5.75 Å². The number of aryl methyl sites for hydroxylation is 1. The monoisotopic (exact) mass is 300 g/mol. The summed E-state index contributed by atoms with van der Waals surface area (Å²) >= 11 is 0. The first-order valence-electron chi connectivity index (χ1n) is 7.54. The van der Waals surface area contributed by atoms with E-state index in [-0.39, 0.29) is 12.6 Å². The van der Waals surface area contributed by atoms with E-state index in [1.54, 1.807) is 6.20 Å². The Labute approximate surface area is 132 Å². The standard InChI is InChI=1S/C18H24N2O2/c1-14-7-4-5-9-18(14)22-13-17(21)12-20(3)15(2)16-8-6-10-19-11-16/h4-11,15,17,21H,12-13H2,1-3H3. The first-order chi connectivity index (χ1) is 10.6. The predicted octanol–water partition coefficient (Wildman–Crippen LogP) is 2.82. The third-order valence-corrected chi connectivity index (χ3v) is 3.85. The van der Waals surface area contributed by atoms with Crippen LogP contribution in [0.4, 0.5) is 0 Å². The van der Waals surface area contributed by atoms with Crippen LogP contribution in [0.25, 0.3) is 0 Å². The number of benzene rings is 1. The average Bonchev–Trinajstić information content (AvgIpc) is 2.54. The molecule has 0 fully saturated rings. The molecule has 0 radical (unpaired) electrons. The van der Waals surface area contributed by atoms with Crippen LogP contribution in [0.15, 0.2) is 48.8 Å². The van der Waals surface area contributed by atoms with Gasteiger partial charge < -0.3 is 9.84 Å². The zero-order valence-electron chi connectivity index (χ0n) is 13.4. The lowest BCUT2D eigenvalue weighted by atomic mass is 10.1. The number of aliphatic hydroxyl groups is 1. The number of hydrogen-bond donors (Lipinski definition) is 1. The third-order valence-electron chi connectivity index (χ3n) is 3.85. The van der Waals surface area contributed by atoms with E-state index in [1.165, 1.54) is 0 Å². The lowest BCUT2D eigenvalue weighted by Crippen LogP contribution is -2.34. The van der Waals surface area contributed by atoms with Crippen molar-refractivity contribution in [3.63, 3.8) is 0 Å². The minimum absolute atomic E-state index is 0.196.